The molecule has 15 heavy (non-hydrogen) atoms. The van der Waals surface area contributed by atoms with Crippen LogP contribution in [0, 0.1) is 0 Å². The van der Waals surface area contributed by atoms with Crippen LogP contribution in [0.1, 0.15) is 5.82 Å². The summed E-state index contributed by atoms with van der Waals surface area (Å²) in [5.74, 6) is 2.92. The van der Waals surface area contributed by atoms with Crippen molar-refractivity contribution in [3.05, 3.63) is 12.2 Å². The van der Waals surface area contributed by atoms with Crippen LogP contribution in [0.4, 0.5) is 0 Å². The average Bonchev–Trinajstić information content (AvgIpc) is 2.76. The Balaban J connectivity index is 2.02. The molecule has 0 saturated heterocycles. The smallest absolute Gasteiger partial charge is 0.215 e. The number of aromatic nitrogens is 3. The molecule has 0 aliphatic carbocycles. The van der Waals surface area contributed by atoms with Gasteiger partial charge >= 0.3 is 0 Å². The maximum absolute atomic E-state index is 8.56. The zero-order valence-corrected chi connectivity index (χ0v) is 9.21. The summed E-state index contributed by atoms with van der Waals surface area (Å²) in [5, 5.41) is 18.0. The molecule has 1 rings (SSSR count). The number of hydroxylamine groups is 1. The summed E-state index contributed by atoms with van der Waals surface area (Å²) in [6.07, 6.45) is 1.49. The van der Waals surface area contributed by atoms with Gasteiger partial charge in [0.2, 0.25) is 5.96 Å². The number of H-pyrrole nitrogens is 1. The third-order valence-electron chi connectivity index (χ3n) is 1.57. The van der Waals surface area contributed by atoms with Crippen molar-refractivity contribution in [1.82, 2.24) is 26.0 Å². The van der Waals surface area contributed by atoms with Gasteiger partial charge in [0, 0.05) is 19.3 Å². The lowest BCUT2D eigenvalue weighted by atomic mass is 10.7. The van der Waals surface area contributed by atoms with Crippen LogP contribution in [0.3, 0.4) is 0 Å². The van der Waals surface area contributed by atoms with Crippen molar-refractivity contribution < 1.29 is 5.21 Å². The summed E-state index contributed by atoms with van der Waals surface area (Å²) >= 11 is 1.71. The van der Waals surface area contributed by atoms with Gasteiger partial charge in [0.1, 0.15) is 12.2 Å². The molecule has 84 valence electrons. The standard InChI is InChI=1S/C7H14N6OS/c1-8-7(13-14)9-2-3-15-4-6-10-5-11-12-6/h5,14H,2-4H2,1H3,(H2,8,9,13)(H,10,11,12). The van der Waals surface area contributed by atoms with Gasteiger partial charge in [-0.1, -0.05) is 0 Å². The van der Waals surface area contributed by atoms with Crippen molar-refractivity contribution in [2.75, 3.05) is 19.3 Å². The maximum atomic E-state index is 8.56. The number of aliphatic imine (C=N–C) groups is 1. The number of hydrogen-bond acceptors (Lipinski definition) is 5. The minimum atomic E-state index is 0.371. The highest BCUT2D eigenvalue weighted by molar-refractivity contribution is 7.98. The molecule has 1 heterocycles. The van der Waals surface area contributed by atoms with E-state index in [4.69, 9.17) is 5.21 Å². The fraction of sp³-hybridized carbons (Fsp3) is 0.571. The fourth-order valence-corrected chi connectivity index (χ4v) is 1.60. The lowest BCUT2D eigenvalue weighted by molar-refractivity contribution is 0.229. The van der Waals surface area contributed by atoms with Crippen LogP contribution in [0.25, 0.3) is 0 Å². The second-order valence-electron chi connectivity index (χ2n) is 2.60. The number of hydrogen-bond donors (Lipinski definition) is 4. The highest BCUT2D eigenvalue weighted by atomic mass is 32.2. The highest BCUT2D eigenvalue weighted by Gasteiger charge is 1.96. The number of thioether (sulfide) groups is 1. The highest BCUT2D eigenvalue weighted by Crippen LogP contribution is 2.05. The Labute approximate surface area is 91.7 Å². The lowest BCUT2D eigenvalue weighted by Gasteiger charge is -2.06. The first kappa shape index (κ1) is 11.8. The Morgan fingerprint density at radius 1 is 1.73 bits per heavy atom. The molecular formula is C7H14N6OS. The second kappa shape index (κ2) is 7.07. The van der Waals surface area contributed by atoms with Gasteiger partial charge in [0.15, 0.2) is 0 Å². The van der Waals surface area contributed by atoms with E-state index in [0.29, 0.717) is 5.96 Å². The molecule has 0 fully saturated rings. The molecule has 0 aromatic carbocycles. The molecule has 0 unspecified atom stereocenters. The van der Waals surface area contributed by atoms with Crippen LogP contribution in [-0.2, 0) is 5.75 Å². The summed E-state index contributed by atoms with van der Waals surface area (Å²) in [5.41, 5.74) is 1.96. The van der Waals surface area contributed by atoms with Crippen molar-refractivity contribution in [1.29, 1.82) is 0 Å². The Bertz CT molecular complexity index is 288. The molecular weight excluding hydrogens is 216 g/mol. The van der Waals surface area contributed by atoms with E-state index in [2.05, 4.69) is 25.5 Å². The Morgan fingerprint density at radius 2 is 2.60 bits per heavy atom. The molecule has 0 radical (unpaired) electrons. The predicted molar refractivity (Wildman–Crippen MR) is 58.8 cm³/mol. The first-order chi connectivity index (χ1) is 7.36. The molecule has 0 atom stereocenters. The third kappa shape index (κ3) is 4.66. The van der Waals surface area contributed by atoms with Gasteiger partial charge in [-0.2, -0.15) is 16.9 Å². The number of rotatable bonds is 5. The van der Waals surface area contributed by atoms with Crippen LogP contribution in [-0.4, -0.2) is 45.7 Å². The van der Waals surface area contributed by atoms with Crippen molar-refractivity contribution >= 4 is 17.7 Å². The lowest BCUT2D eigenvalue weighted by Crippen LogP contribution is -2.36. The van der Waals surface area contributed by atoms with E-state index in [1.807, 2.05) is 5.48 Å². The van der Waals surface area contributed by atoms with Crippen LogP contribution < -0.4 is 10.8 Å². The summed E-state index contributed by atoms with van der Waals surface area (Å²) in [7, 11) is 1.59. The van der Waals surface area contributed by atoms with E-state index in [0.717, 1.165) is 23.9 Å². The first-order valence-electron chi connectivity index (χ1n) is 4.39. The molecule has 1 aromatic rings. The van der Waals surface area contributed by atoms with Gasteiger partial charge < -0.3 is 5.32 Å². The average molecular weight is 230 g/mol. The Kier molecular flexibility index (Phi) is 5.56. The molecule has 1 aromatic heterocycles. The van der Waals surface area contributed by atoms with E-state index in [1.165, 1.54) is 6.33 Å². The Hall–Kier alpha value is -1.28. The van der Waals surface area contributed by atoms with E-state index in [-0.39, 0.29) is 0 Å². The topological polar surface area (TPSA) is 98.2 Å². The van der Waals surface area contributed by atoms with Crippen molar-refractivity contribution in [3.63, 3.8) is 0 Å². The minimum absolute atomic E-state index is 0.371. The molecule has 7 nitrogen and oxygen atoms in total. The maximum Gasteiger partial charge on any atom is 0.215 e. The first-order valence-corrected chi connectivity index (χ1v) is 5.55. The Morgan fingerprint density at radius 3 is 3.20 bits per heavy atom. The van der Waals surface area contributed by atoms with E-state index in [1.54, 1.807) is 18.8 Å². The minimum Gasteiger partial charge on any atom is -0.354 e. The second-order valence-corrected chi connectivity index (χ2v) is 3.70. The zero-order valence-electron chi connectivity index (χ0n) is 8.40. The van der Waals surface area contributed by atoms with Gasteiger partial charge in [-0.25, -0.2) is 10.5 Å². The van der Waals surface area contributed by atoms with Crippen LogP contribution >= 0.6 is 11.8 Å². The van der Waals surface area contributed by atoms with E-state index < -0.39 is 0 Å². The summed E-state index contributed by atoms with van der Waals surface area (Å²) in [4.78, 5) is 7.76. The quantitative estimate of drug-likeness (QED) is 0.238. The van der Waals surface area contributed by atoms with Gasteiger partial charge in [0.05, 0.1) is 5.75 Å². The van der Waals surface area contributed by atoms with Crippen LogP contribution in [0.5, 0.6) is 0 Å². The van der Waals surface area contributed by atoms with E-state index >= 15 is 0 Å². The molecule has 0 spiro atoms. The van der Waals surface area contributed by atoms with Crippen LogP contribution in [0.15, 0.2) is 11.3 Å². The normalized spacial score (nSPS) is 11.5. The van der Waals surface area contributed by atoms with E-state index in [9.17, 15) is 0 Å². The molecule has 0 saturated carbocycles. The van der Waals surface area contributed by atoms with Gasteiger partial charge in [-0.15, -0.1) is 0 Å². The van der Waals surface area contributed by atoms with Gasteiger partial charge in [0.25, 0.3) is 0 Å². The zero-order chi connectivity index (χ0) is 10.9. The van der Waals surface area contributed by atoms with Crippen molar-refractivity contribution in [3.8, 4) is 0 Å². The van der Waals surface area contributed by atoms with Gasteiger partial charge in [-0.3, -0.25) is 15.3 Å². The molecule has 0 aliphatic heterocycles. The fourth-order valence-electron chi connectivity index (χ4n) is 0.879. The molecule has 4 N–H and O–H groups in total. The third-order valence-corrected chi connectivity index (χ3v) is 2.54. The predicted octanol–water partition coefficient (Wildman–Crippen LogP) is -0.408. The summed E-state index contributed by atoms with van der Waals surface area (Å²) in [6, 6.07) is 0. The van der Waals surface area contributed by atoms with Crippen molar-refractivity contribution in [2.24, 2.45) is 4.99 Å². The molecule has 0 amide bonds. The number of nitrogens with one attached hydrogen (secondary N) is 3. The number of nitrogens with zero attached hydrogens (tertiary/aromatic N) is 3. The largest absolute Gasteiger partial charge is 0.354 e. The molecule has 0 aliphatic rings. The number of aromatic amines is 1. The SMILES string of the molecule is CN=C(NO)NCCSCc1ncn[nH]1. The van der Waals surface area contributed by atoms with Crippen LogP contribution in [0.2, 0.25) is 0 Å². The summed E-state index contributed by atoms with van der Waals surface area (Å²) in [6.45, 7) is 0.721. The molecule has 8 heteroatoms. The van der Waals surface area contributed by atoms with Crippen molar-refractivity contribution in [2.45, 2.75) is 5.75 Å². The molecule has 0 bridgehead atoms. The monoisotopic (exact) mass is 230 g/mol. The number of guanidine groups is 1. The van der Waals surface area contributed by atoms with Gasteiger partial charge in [-0.05, 0) is 0 Å². The summed E-state index contributed by atoms with van der Waals surface area (Å²) < 4.78 is 0.